The number of hydrogen-bond acceptors (Lipinski definition) is 2. The molecule has 0 fully saturated rings. The zero-order chi connectivity index (χ0) is 20.6. The number of nitrogens with one attached hydrogen (secondary N) is 1. The highest BCUT2D eigenvalue weighted by atomic mass is 32.2. The SMILES string of the molecule is Cc1ccc(F)cc1CNS(=O)(=O)c1cc(C(F)(F)F)cc(C(F)(F)F)c1. The van der Waals surface area contributed by atoms with Gasteiger partial charge >= 0.3 is 12.4 Å². The Morgan fingerprint density at radius 1 is 0.889 bits per heavy atom. The molecule has 0 bridgehead atoms. The number of aryl methyl sites for hydroxylation is 1. The predicted octanol–water partition coefficient (Wildman–Crippen LogP) is 4.65. The molecule has 0 aromatic heterocycles. The van der Waals surface area contributed by atoms with Crippen molar-refractivity contribution < 1.29 is 39.2 Å². The van der Waals surface area contributed by atoms with Crippen LogP contribution in [0, 0.1) is 12.7 Å². The van der Waals surface area contributed by atoms with Crippen LogP contribution in [0.15, 0.2) is 41.3 Å². The first-order valence-corrected chi connectivity index (χ1v) is 8.72. The second kappa shape index (κ2) is 7.12. The molecule has 2 aromatic rings. The largest absolute Gasteiger partial charge is 0.416 e. The Balaban J connectivity index is 2.44. The summed E-state index contributed by atoms with van der Waals surface area (Å²) in [6.07, 6.45) is -10.4. The van der Waals surface area contributed by atoms with Crippen molar-refractivity contribution in [1.82, 2.24) is 4.72 Å². The van der Waals surface area contributed by atoms with Crippen molar-refractivity contribution in [3.63, 3.8) is 0 Å². The van der Waals surface area contributed by atoms with E-state index in [1.807, 2.05) is 4.72 Å². The lowest BCUT2D eigenvalue weighted by Gasteiger charge is -2.15. The molecule has 27 heavy (non-hydrogen) atoms. The van der Waals surface area contributed by atoms with Crippen molar-refractivity contribution in [3.8, 4) is 0 Å². The van der Waals surface area contributed by atoms with Gasteiger partial charge < -0.3 is 0 Å². The van der Waals surface area contributed by atoms with Crippen molar-refractivity contribution in [1.29, 1.82) is 0 Å². The molecule has 0 aliphatic carbocycles. The van der Waals surface area contributed by atoms with Crippen LogP contribution in [0.25, 0.3) is 0 Å². The Morgan fingerprint density at radius 3 is 1.89 bits per heavy atom. The zero-order valence-corrected chi connectivity index (χ0v) is 14.4. The van der Waals surface area contributed by atoms with Crippen molar-refractivity contribution in [3.05, 3.63) is 64.5 Å². The van der Waals surface area contributed by atoms with E-state index in [1.54, 1.807) is 0 Å². The minimum absolute atomic E-state index is 0.107. The topological polar surface area (TPSA) is 46.2 Å². The molecule has 0 amide bonds. The Morgan fingerprint density at radius 2 is 1.41 bits per heavy atom. The first kappa shape index (κ1) is 21.2. The molecule has 2 aromatic carbocycles. The summed E-state index contributed by atoms with van der Waals surface area (Å²) in [5, 5.41) is 0. The van der Waals surface area contributed by atoms with Gasteiger partial charge in [-0.1, -0.05) is 6.07 Å². The number of hydrogen-bond donors (Lipinski definition) is 1. The van der Waals surface area contributed by atoms with Crippen LogP contribution in [0.4, 0.5) is 30.7 Å². The van der Waals surface area contributed by atoms with Crippen LogP contribution in [-0.2, 0) is 28.9 Å². The van der Waals surface area contributed by atoms with Crippen molar-refractivity contribution >= 4 is 10.0 Å². The summed E-state index contributed by atoms with van der Waals surface area (Å²) >= 11 is 0. The average Bonchev–Trinajstić information content (AvgIpc) is 2.53. The van der Waals surface area contributed by atoms with Gasteiger partial charge in [0.1, 0.15) is 5.82 Å². The molecular formula is C16H12F7NO2S. The second-order valence-electron chi connectivity index (χ2n) is 5.64. The maximum atomic E-state index is 13.2. The maximum Gasteiger partial charge on any atom is 0.416 e. The van der Waals surface area contributed by atoms with Crippen LogP contribution in [0.3, 0.4) is 0 Å². The van der Waals surface area contributed by atoms with Gasteiger partial charge in [-0.3, -0.25) is 0 Å². The molecule has 0 atom stereocenters. The molecule has 0 saturated heterocycles. The third-order valence-corrected chi connectivity index (χ3v) is 5.02. The van der Waals surface area contributed by atoms with Crippen LogP contribution < -0.4 is 4.72 Å². The molecule has 0 unspecified atom stereocenters. The van der Waals surface area contributed by atoms with E-state index < -0.39 is 50.8 Å². The molecule has 11 heteroatoms. The Labute approximate surface area is 149 Å². The lowest BCUT2D eigenvalue weighted by Crippen LogP contribution is -2.25. The summed E-state index contributed by atoms with van der Waals surface area (Å²) in [7, 11) is -4.73. The number of benzene rings is 2. The molecule has 2 rings (SSSR count). The predicted molar refractivity (Wildman–Crippen MR) is 81.6 cm³/mol. The smallest absolute Gasteiger partial charge is 0.207 e. The fourth-order valence-corrected chi connectivity index (χ4v) is 3.24. The average molecular weight is 415 g/mol. The molecule has 1 N–H and O–H groups in total. The number of sulfonamides is 1. The summed E-state index contributed by atoms with van der Waals surface area (Å²) in [5.74, 6) is -0.673. The van der Waals surface area contributed by atoms with Gasteiger partial charge in [0.05, 0.1) is 16.0 Å². The summed E-state index contributed by atoms with van der Waals surface area (Å²) in [6.45, 7) is 1.03. The molecule has 0 saturated carbocycles. The summed E-state index contributed by atoms with van der Waals surface area (Å²) < 4.78 is 117. The van der Waals surface area contributed by atoms with Crippen molar-refractivity contribution in [2.45, 2.75) is 30.7 Å². The summed E-state index contributed by atoms with van der Waals surface area (Å²) in [5.41, 5.74) is -2.83. The fraction of sp³-hybridized carbons (Fsp3) is 0.250. The van der Waals surface area contributed by atoms with Gasteiger partial charge in [-0.05, 0) is 48.4 Å². The Bertz CT molecular complexity index is 918. The zero-order valence-electron chi connectivity index (χ0n) is 13.5. The first-order valence-electron chi connectivity index (χ1n) is 7.24. The Kier molecular flexibility index (Phi) is 5.58. The monoisotopic (exact) mass is 415 g/mol. The van der Waals surface area contributed by atoms with Crippen molar-refractivity contribution in [2.24, 2.45) is 0 Å². The van der Waals surface area contributed by atoms with Crippen LogP contribution in [0.5, 0.6) is 0 Å². The quantitative estimate of drug-likeness (QED) is 0.739. The highest BCUT2D eigenvalue weighted by molar-refractivity contribution is 7.89. The normalized spacial score (nSPS) is 13.0. The molecule has 148 valence electrons. The van der Waals surface area contributed by atoms with Gasteiger partial charge in [-0.15, -0.1) is 0 Å². The first-order chi connectivity index (χ1) is 12.2. The van der Waals surface area contributed by atoms with E-state index in [0.29, 0.717) is 5.56 Å². The molecule has 3 nitrogen and oxygen atoms in total. The minimum atomic E-state index is -5.18. The highest BCUT2D eigenvalue weighted by Gasteiger charge is 2.38. The van der Waals surface area contributed by atoms with E-state index in [2.05, 4.69) is 0 Å². The fourth-order valence-electron chi connectivity index (χ4n) is 2.17. The van der Waals surface area contributed by atoms with Gasteiger partial charge in [-0.25, -0.2) is 17.5 Å². The van der Waals surface area contributed by atoms with E-state index in [4.69, 9.17) is 0 Å². The maximum absolute atomic E-state index is 13.2. The lowest BCUT2D eigenvalue weighted by atomic mass is 10.1. The van der Waals surface area contributed by atoms with E-state index in [0.717, 1.165) is 12.1 Å². The van der Waals surface area contributed by atoms with Gasteiger partial charge in [-0.2, -0.15) is 26.3 Å². The van der Waals surface area contributed by atoms with Crippen LogP contribution in [0.1, 0.15) is 22.3 Å². The molecule has 0 radical (unpaired) electrons. The van der Waals surface area contributed by atoms with Gasteiger partial charge in [0.25, 0.3) is 0 Å². The van der Waals surface area contributed by atoms with Crippen LogP contribution in [-0.4, -0.2) is 8.42 Å². The van der Waals surface area contributed by atoms with Crippen molar-refractivity contribution in [2.75, 3.05) is 0 Å². The van der Waals surface area contributed by atoms with E-state index in [1.165, 1.54) is 13.0 Å². The number of halogens is 7. The number of alkyl halides is 6. The van der Waals surface area contributed by atoms with Gasteiger partial charge in [0, 0.05) is 6.54 Å². The molecule has 0 spiro atoms. The molecular weight excluding hydrogens is 403 g/mol. The molecule has 0 heterocycles. The molecule has 0 aliphatic heterocycles. The number of rotatable bonds is 4. The minimum Gasteiger partial charge on any atom is -0.207 e. The Hall–Kier alpha value is -2.14. The van der Waals surface area contributed by atoms with Gasteiger partial charge in [0.15, 0.2) is 0 Å². The standard InChI is InChI=1S/C16H12F7NO2S/c1-9-2-3-13(17)4-10(9)8-24-27(25,26)14-6-11(15(18,19)20)5-12(7-14)16(21,22)23/h2-7,24H,8H2,1H3. The third-order valence-electron chi connectivity index (χ3n) is 3.64. The van der Waals surface area contributed by atoms with E-state index in [9.17, 15) is 39.2 Å². The lowest BCUT2D eigenvalue weighted by molar-refractivity contribution is -0.143. The van der Waals surface area contributed by atoms with Gasteiger partial charge in [0.2, 0.25) is 10.0 Å². The van der Waals surface area contributed by atoms with E-state index >= 15 is 0 Å². The second-order valence-corrected chi connectivity index (χ2v) is 7.40. The van der Waals surface area contributed by atoms with Crippen LogP contribution >= 0.6 is 0 Å². The summed E-state index contributed by atoms with van der Waals surface area (Å²) in [6, 6.07) is 3.52. The van der Waals surface area contributed by atoms with Crippen LogP contribution in [0.2, 0.25) is 0 Å². The highest BCUT2D eigenvalue weighted by Crippen LogP contribution is 2.37. The molecule has 0 aliphatic rings. The summed E-state index contributed by atoms with van der Waals surface area (Å²) in [4.78, 5) is -1.20. The van der Waals surface area contributed by atoms with E-state index in [-0.39, 0.29) is 23.8 Å². The third kappa shape index (κ3) is 5.19.